The van der Waals surface area contributed by atoms with Gasteiger partial charge in [-0.3, -0.25) is 19.9 Å². The van der Waals surface area contributed by atoms with E-state index in [1.54, 1.807) is 12.1 Å². The first kappa shape index (κ1) is 17.1. The van der Waals surface area contributed by atoms with Crippen LogP contribution in [0.4, 0.5) is 0 Å². The van der Waals surface area contributed by atoms with Gasteiger partial charge in [0.15, 0.2) is 0 Å². The number of nitrogen functional groups attached to an aromatic ring is 1. The van der Waals surface area contributed by atoms with Crippen LogP contribution in [0.2, 0.25) is 0 Å². The molecule has 0 radical (unpaired) electrons. The molecule has 0 aromatic heterocycles. The van der Waals surface area contributed by atoms with E-state index in [2.05, 4.69) is 5.43 Å². The molecule has 0 unspecified atom stereocenters. The van der Waals surface area contributed by atoms with Crippen LogP contribution in [0.1, 0.15) is 29.8 Å². The molecule has 0 aliphatic heterocycles. The minimum Gasteiger partial charge on any atom is -0.342 e. The molecule has 1 rings (SSSR count). The SMILES string of the molecule is CCN(CC)C(=O)CN(C)Cc1ccc(C(=O)NN)cc1. The molecule has 6 heteroatoms. The molecule has 1 aromatic rings. The molecule has 0 saturated carbocycles. The van der Waals surface area contributed by atoms with Crippen LogP contribution in [0, 0.1) is 0 Å². The van der Waals surface area contributed by atoms with Crippen molar-refractivity contribution in [1.29, 1.82) is 0 Å². The first-order chi connectivity index (χ1) is 10.0. The summed E-state index contributed by atoms with van der Waals surface area (Å²) in [4.78, 5) is 27.1. The molecule has 21 heavy (non-hydrogen) atoms. The number of carbonyl (C=O) groups excluding carboxylic acids is 2. The predicted octanol–water partition coefficient (Wildman–Crippen LogP) is 0.590. The monoisotopic (exact) mass is 292 g/mol. The standard InChI is InChI=1S/C15H24N4O2/c1-4-19(5-2)14(20)11-18(3)10-12-6-8-13(9-7-12)15(21)17-16/h6-9H,4-5,10-11,16H2,1-3H3,(H,17,21). The zero-order valence-electron chi connectivity index (χ0n) is 12.9. The van der Waals surface area contributed by atoms with E-state index in [-0.39, 0.29) is 11.8 Å². The van der Waals surface area contributed by atoms with E-state index >= 15 is 0 Å². The number of nitrogens with two attached hydrogens (primary N) is 1. The van der Waals surface area contributed by atoms with Gasteiger partial charge in [-0.2, -0.15) is 0 Å². The Morgan fingerprint density at radius 1 is 1.14 bits per heavy atom. The van der Waals surface area contributed by atoms with Crippen LogP contribution in [-0.4, -0.2) is 48.3 Å². The fraction of sp³-hybridized carbons (Fsp3) is 0.467. The number of rotatable bonds is 7. The second-order valence-corrected chi connectivity index (χ2v) is 4.91. The van der Waals surface area contributed by atoms with Gasteiger partial charge in [0.25, 0.3) is 5.91 Å². The molecule has 0 bridgehead atoms. The number of hydrazine groups is 1. The van der Waals surface area contributed by atoms with Gasteiger partial charge in [-0.25, -0.2) is 5.84 Å². The summed E-state index contributed by atoms with van der Waals surface area (Å²) in [5, 5.41) is 0. The molecular weight excluding hydrogens is 268 g/mol. The minimum absolute atomic E-state index is 0.127. The van der Waals surface area contributed by atoms with Crippen molar-refractivity contribution in [2.24, 2.45) is 5.84 Å². The molecule has 0 heterocycles. The fourth-order valence-electron chi connectivity index (χ4n) is 2.12. The number of amides is 2. The van der Waals surface area contributed by atoms with Crippen molar-refractivity contribution in [3.63, 3.8) is 0 Å². The van der Waals surface area contributed by atoms with Gasteiger partial charge in [-0.15, -0.1) is 0 Å². The smallest absolute Gasteiger partial charge is 0.265 e. The third kappa shape index (κ3) is 5.17. The van der Waals surface area contributed by atoms with Gasteiger partial charge < -0.3 is 4.90 Å². The largest absolute Gasteiger partial charge is 0.342 e. The van der Waals surface area contributed by atoms with Gasteiger partial charge in [0.05, 0.1) is 6.54 Å². The summed E-state index contributed by atoms with van der Waals surface area (Å²) < 4.78 is 0. The third-order valence-corrected chi connectivity index (χ3v) is 3.32. The highest BCUT2D eigenvalue weighted by molar-refractivity contribution is 5.93. The van der Waals surface area contributed by atoms with Crippen LogP contribution in [-0.2, 0) is 11.3 Å². The summed E-state index contributed by atoms with van der Waals surface area (Å²) >= 11 is 0. The van der Waals surface area contributed by atoms with Gasteiger partial charge in [0.1, 0.15) is 0 Å². The average Bonchev–Trinajstić information content (AvgIpc) is 2.48. The second-order valence-electron chi connectivity index (χ2n) is 4.91. The van der Waals surface area contributed by atoms with Gasteiger partial charge >= 0.3 is 0 Å². The Hall–Kier alpha value is -1.92. The molecule has 3 N–H and O–H groups in total. The van der Waals surface area contributed by atoms with Crippen LogP contribution >= 0.6 is 0 Å². The summed E-state index contributed by atoms with van der Waals surface area (Å²) in [7, 11) is 1.90. The van der Waals surface area contributed by atoms with Crippen molar-refractivity contribution in [2.75, 3.05) is 26.7 Å². The van der Waals surface area contributed by atoms with Crippen LogP contribution in [0.15, 0.2) is 24.3 Å². The molecule has 6 nitrogen and oxygen atoms in total. The lowest BCUT2D eigenvalue weighted by molar-refractivity contribution is -0.131. The number of hydrogen-bond acceptors (Lipinski definition) is 4. The number of nitrogens with zero attached hydrogens (tertiary/aromatic N) is 2. The van der Waals surface area contributed by atoms with Crippen LogP contribution < -0.4 is 11.3 Å². The maximum Gasteiger partial charge on any atom is 0.265 e. The summed E-state index contributed by atoms with van der Waals surface area (Å²) in [6, 6.07) is 7.17. The second kappa shape index (κ2) is 8.39. The number of carbonyl (C=O) groups is 2. The van der Waals surface area contributed by atoms with E-state index in [4.69, 9.17) is 5.84 Å². The first-order valence-electron chi connectivity index (χ1n) is 7.08. The zero-order valence-corrected chi connectivity index (χ0v) is 12.9. The average molecular weight is 292 g/mol. The Bertz CT molecular complexity index is 469. The van der Waals surface area contributed by atoms with Gasteiger partial charge in [0.2, 0.25) is 5.91 Å². The molecule has 0 saturated heterocycles. The van der Waals surface area contributed by atoms with E-state index < -0.39 is 0 Å². The summed E-state index contributed by atoms with van der Waals surface area (Å²) in [5.74, 6) is 4.90. The summed E-state index contributed by atoms with van der Waals surface area (Å²) in [6.45, 7) is 6.44. The minimum atomic E-state index is -0.313. The van der Waals surface area contributed by atoms with Crippen molar-refractivity contribution >= 4 is 11.8 Å². The Morgan fingerprint density at radius 3 is 2.19 bits per heavy atom. The maximum absolute atomic E-state index is 12.0. The number of nitrogens with one attached hydrogen (secondary N) is 1. The van der Waals surface area contributed by atoms with Crippen molar-refractivity contribution < 1.29 is 9.59 Å². The van der Waals surface area contributed by atoms with E-state index in [1.165, 1.54) is 0 Å². The Balaban J connectivity index is 2.56. The van der Waals surface area contributed by atoms with E-state index in [1.807, 2.05) is 42.8 Å². The van der Waals surface area contributed by atoms with E-state index in [0.717, 1.165) is 18.7 Å². The topological polar surface area (TPSA) is 78.7 Å². The molecule has 0 spiro atoms. The summed E-state index contributed by atoms with van der Waals surface area (Å²) in [6.07, 6.45) is 0. The number of hydrogen-bond donors (Lipinski definition) is 2. The van der Waals surface area contributed by atoms with Crippen LogP contribution in [0.5, 0.6) is 0 Å². The molecule has 0 atom stereocenters. The van der Waals surface area contributed by atoms with Crippen molar-refractivity contribution in [3.05, 3.63) is 35.4 Å². The number of benzene rings is 1. The van der Waals surface area contributed by atoms with Crippen molar-refractivity contribution in [2.45, 2.75) is 20.4 Å². The molecule has 1 aromatic carbocycles. The Labute approximate surface area is 125 Å². The lowest BCUT2D eigenvalue weighted by atomic mass is 10.1. The molecule has 116 valence electrons. The first-order valence-corrected chi connectivity index (χ1v) is 7.08. The fourth-order valence-corrected chi connectivity index (χ4v) is 2.12. The van der Waals surface area contributed by atoms with Crippen molar-refractivity contribution in [1.82, 2.24) is 15.2 Å². The molecule has 0 fully saturated rings. The molecule has 0 aliphatic carbocycles. The zero-order chi connectivity index (χ0) is 15.8. The highest BCUT2D eigenvalue weighted by Gasteiger charge is 2.12. The predicted molar refractivity (Wildman–Crippen MR) is 82.4 cm³/mol. The van der Waals surface area contributed by atoms with Gasteiger partial charge in [-0.1, -0.05) is 12.1 Å². The normalized spacial score (nSPS) is 10.5. The van der Waals surface area contributed by atoms with E-state index in [0.29, 0.717) is 18.7 Å². The highest BCUT2D eigenvalue weighted by Crippen LogP contribution is 2.07. The highest BCUT2D eigenvalue weighted by atomic mass is 16.2. The molecular formula is C15H24N4O2. The van der Waals surface area contributed by atoms with Crippen LogP contribution in [0.25, 0.3) is 0 Å². The maximum atomic E-state index is 12.0. The number of likely N-dealkylation sites (N-methyl/N-ethyl adjacent to an activating group) is 2. The Morgan fingerprint density at radius 2 is 1.71 bits per heavy atom. The van der Waals surface area contributed by atoms with Crippen molar-refractivity contribution in [3.8, 4) is 0 Å². The lowest BCUT2D eigenvalue weighted by Gasteiger charge is -2.23. The Kier molecular flexibility index (Phi) is 6.84. The van der Waals surface area contributed by atoms with Gasteiger partial charge in [0, 0.05) is 25.2 Å². The molecule has 0 aliphatic rings. The summed E-state index contributed by atoms with van der Waals surface area (Å²) in [5.41, 5.74) is 3.65. The third-order valence-electron chi connectivity index (χ3n) is 3.32. The quantitative estimate of drug-likeness (QED) is 0.438. The van der Waals surface area contributed by atoms with E-state index in [9.17, 15) is 9.59 Å². The van der Waals surface area contributed by atoms with Crippen LogP contribution in [0.3, 0.4) is 0 Å². The molecule has 2 amide bonds. The lowest BCUT2D eigenvalue weighted by Crippen LogP contribution is -2.38. The van der Waals surface area contributed by atoms with Gasteiger partial charge in [-0.05, 0) is 38.6 Å².